The fraction of sp³-hybridized carbons (Fsp3) is 0.0833. The van der Waals surface area contributed by atoms with Crippen molar-refractivity contribution in [3.8, 4) is 5.75 Å². The van der Waals surface area contributed by atoms with E-state index in [1.54, 1.807) is 12.1 Å². The molecule has 0 unspecified atom stereocenters. The molecule has 3 aromatic rings. The summed E-state index contributed by atoms with van der Waals surface area (Å²) in [6, 6.07) is 5.98. The Bertz CT molecular complexity index is 976. The zero-order valence-corrected chi connectivity index (χ0v) is 13.0. The maximum atomic E-state index is 12.3. The van der Waals surface area contributed by atoms with Gasteiger partial charge in [0, 0.05) is 0 Å². The van der Waals surface area contributed by atoms with E-state index in [1.807, 2.05) is 0 Å². The number of anilines is 1. The van der Waals surface area contributed by atoms with Crippen molar-refractivity contribution in [2.75, 3.05) is 11.8 Å². The number of H-pyrrole nitrogens is 2. The first-order valence-corrected chi connectivity index (χ1v) is 7.99. The summed E-state index contributed by atoms with van der Waals surface area (Å²) in [6.45, 7) is 0. The molecule has 0 aliphatic rings. The summed E-state index contributed by atoms with van der Waals surface area (Å²) in [7, 11) is -2.29. The quantitative estimate of drug-likeness (QED) is 0.626. The van der Waals surface area contributed by atoms with Gasteiger partial charge >= 0.3 is 0 Å². The molecule has 2 aromatic heterocycles. The van der Waals surface area contributed by atoms with Gasteiger partial charge in [-0.1, -0.05) is 12.2 Å². The fourth-order valence-electron chi connectivity index (χ4n) is 1.84. The van der Waals surface area contributed by atoms with Crippen LogP contribution in [-0.4, -0.2) is 35.5 Å². The molecule has 8 nitrogen and oxygen atoms in total. The molecule has 0 saturated heterocycles. The minimum absolute atomic E-state index is 0.000387. The van der Waals surface area contributed by atoms with Crippen LogP contribution >= 0.6 is 12.2 Å². The van der Waals surface area contributed by atoms with E-state index in [2.05, 4.69) is 24.7 Å². The van der Waals surface area contributed by atoms with Crippen LogP contribution in [0.3, 0.4) is 0 Å². The van der Waals surface area contributed by atoms with E-state index in [-0.39, 0.29) is 15.5 Å². The van der Waals surface area contributed by atoms with E-state index in [4.69, 9.17) is 17.0 Å². The third-order valence-electron chi connectivity index (χ3n) is 2.90. The van der Waals surface area contributed by atoms with Crippen LogP contribution in [0.1, 0.15) is 0 Å². The van der Waals surface area contributed by atoms with Gasteiger partial charge in [0.15, 0.2) is 10.3 Å². The highest BCUT2D eigenvalue weighted by Crippen LogP contribution is 2.18. The van der Waals surface area contributed by atoms with E-state index >= 15 is 0 Å². The van der Waals surface area contributed by atoms with Crippen molar-refractivity contribution in [2.45, 2.75) is 4.90 Å². The number of benzene rings is 1. The van der Waals surface area contributed by atoms with Crippen molar-refractivity contribution in [3.63, 3.8) is 0 Å². The number of nitrogens with one attached hydrogen (secondary N) is 3. The Kier molecular flexibility index (Phi) is 3.54. The number of methoxy groups -OCH3 is 1. The van der Waals surface area contributed by atoms with Crippen molar-refractivity contribution < 1.29 is 13.2 Å². The molecule has 0 fully saturated rings. The largest absolute Gasteiger partial charge is 0.497 e. The maximum Gasteiger partial charge on any atom is 0.264 e. The number of rotatable bonds is 4. The molecule has 0 saturated carbocycles. The highest BCUT2D eigenvalue weighted by Gasteiger charge is 2.16. The molecule has 0 bridgehead atoms. The summed E-state index contributed by atoms with van der Waals surface area (Å²) in [6.07, 6.45) is 1.44. The van der Waals surface area contributed by atoms with Crippen LogP contribution in [0.25, 0.3) is 11.2 Å². The molecule has 3 N–H and O–H groups in total. The maximum absolute atomic E-state index is 12.3. The van der Waals surface area contributed by atoms with Crippen LogP contribution in [0, 0.1) is 4.64 Å². The summed E-state index contributed by atoms with van der Waals surface area (Å²) in [5.74, 6) is 0.565. The molecule has 22 heavy (non-hydrogen) atoms. The minimum atomic E-state index is -3.79. The highest BCUT2D eigenvalue weighted by atomic mass is 32.2. The third kappa shape index (κ3) is 2.65. The first kappa shape index (κ1) is 14.5. The Morgan fingerprint density at radius 3 is 2.68 bits per heavy atom. The van der Waals surface area contributed by atoms with Gasteiger partial charge in [0.2, 0.25) is 5.95 Å². The van der Waals surface area contributed by atoms with Crippen LogP contribution in [0.4, 0.5) is 5.95 Å². The predicted octanol–water partition coefficient (Wildman–Crippen LogP) is 1.82. The lowest BCUT2D eigenvalue weighted by Gasteiger charge is -2.08. The Morgan fingerprint density at radius 2 is 2.00 bits per heavy atom. The van der Waals surface area contributed by atoms with Crippen LogP contribution in [-0.2, 0) is 10.0 Å². The molecule has 3 rings (SSSR count). The monoisotopic (exact) mass is 337 g/mol. The molecule has 1 aromatic carbocycles. The lowest BCUT2D eigenvalue weighted by atomic mass is 10.3. The van der Waals surface area contributed by atoms with Gasteiger partial charge < -0.3 is 14.7 Å². The first-order valence-electron chi connectivity index (χ1n) is 6.10. The summed E-state index contributed by atoms with van der Waals surface area (Å²) in [4.78, 5) is 13.7. The van der Waals surface area contributed by atoms with Crippen molar-refractivity contribution in [3.05, 3.63) is 35.2 Å². The zero-order valence-electron chi connectivity index (χ0n) is 11.3. The molecule has 0 atom stereocenters. The molecular formula is C12H11N5O3S2. The molecule has 0 spiro atoms. The third-order valence-corrected chi connectivity index (χ3v) is 4.55. The van der Waals surface area contributed by atoms with Gasteiger partial charge in [-0.2, -0.15) is 0 Å². The molecule has 0 aliphatic heterocycles. The number of fused-ring (bicyclic) bond motifs is 1. The second-order valence-electron chi connectivity index (χ2n) is 4.30. The average molecular weight is 337 g/mol. The van der Waals surface area contributed by atoms with E-state index < -0.39 is 10.0 Å². The van der Waals surface area contributed by atoms with Gasteiger partial charge in [0.25, 0.3) is 10.0 Å². The number of ether oxygens (including phenoxy) is 1. The number of aromatic amines is 2. The SMILES string of the molecule is COc1ccc(S(=O)(=O)Nc2nc(=S)c3[nH]cnc3[nH]2)cc1. The van der Waals surface area contributed by atoms with Crippen LogP contribution < -0.4 is 9.46 Å². The fourth-order valence-corrected chi connectivity index (χ4v) is 3.05. The molecule has 0 amide bonds. The average Bonchev–Trinajstić information content (AvgIpc) is 2.96. The number of nitrogens with zero attached hydrogens (tertiary/aromatic N) is 2. The van der Waals surface area contributed by atoms with E-state index in [0.29, 0.717) is 16.9 Å². The standard InChI is InChI=1S/C12H11N5O3S2/c1-20-7-2-4-8(5-3-7)22(18,19)17-12-15-10-9(11(21)16-12)13-6-14-10/h2-6H,1H3,(H3,13,14,15,16,17,21). The van der Waals surface area contributed by atoms with Gasteiger partial charge in [-0.3, -0.25) is 0 Å². The summed E-state index contributed by atoms with van der Waals surface area (Å²) >= 11 is 5.08. The van der Waals surface area contributed by atoms with Gasteiger partial charge in [0.05, 0.1) is 18.3 Å². The molecular weight excluding hydrogens is 326 g/mol. The van der Waals surface area contributed by atoms with Crippen molar-refractivity contribution in [1.29, 1.82) is 0 Å². The normalized spacial score (nSPS) is 11.5. The highest BCUT2D eigenvalue weighted by molar-refractivity contribution is 7.92. The predicted molar refractivity (Wildman–Crippen MR) is 82.9 cm³/mol. The number of sulfonamides is 1. The zero-order chi connectivity index (χ0) is 15.7. The summed E-state index contributed by atoms with van der Waals surface area (Å²) in [5.41, 5.74) is 0.967. The number of aromatic nitrogens is 4. The van der Waals surface area contributed by atoms with Gasteiger partial charge in [0.1, 0.15) is 11.3 Å². The number of hydrogen-bond acceptors (Lipinski definition) is 6. The molecule has 2 heterocycles. The Balaban J connectivity index is 1.96. The second kappa shape index (κ2) is 5.39. The van der Waals surface area contributed by atoms with Crippen molar-refractivity contribution >= 4 is 39.4 Å². The van der Waals surface area contributed by atoms with Crippen molar-refractivity contribution in [2.24, 2.45) is 0 Å². The summed E-state index contributed by atoms with van der Waals surface area (Å²) < 4.78 is 32.2. The Hall–Kier alpha value is -2.46. The van der Waals surface area contributed by atoms with E-state index in [0.717, 1.165) is 0 Å². The van der Waals surface area contributed by atoms with Gasteiger partial charge in [-0.05, 0) is 24.3 Å². The van der Waals surface area contributed by atoms with Crippen LogP contribution in [0.2, 0.25) is 0 Å². The van der Waals surface area contributed by atoms with E-state index in [9.17, 15) is 8.42 Å². The molecule has 10 heteroatoms. The first-order chi connectivity index (χ1) is 10.5. The van der Waals surface area contributed by atoms with Crippen LogP contribution in [0.15, 0.2) is 35.5 Å². The van der Waals surface area contributed by atoms with Gasteiger partial charge in [-0.15, -0.1) is 0 Å². The van der Waals surface area contributed by atoms with Crippen molar-refractivity contribution in [1.82, 2.24) is 19.9 Å². The number of imidazole rings is 1. The number of hydrogen-bond donors (Lipinski definition) is 3. The smallest absolute Gasteiger partial charge is 0.264 e. The second-order valence-corrected chi connectivity index (χ2v) is 6.37. The Labute approximate surface area is 130 Å². The Morgan fingerprint density at radius 1 is 1.27 bits per heavy atom. The minimum Gasteiger partial charge on any atom is -0.497 e. The molecule has 0 aliphatic carbocycles. The topological polar surface area (TPSA) is 113 Å². The van der Waals surface area contributed by atoms with E-state index in [1.165, 1.54) is 25.6 Å². The van der Waals surface area contributed by atoms with Gasteiger partial charge in [-0.25, -0.2) is 23.1 Å². The lowest BCUT2D eigenvalue weighted by molar-refractivity contribution is 0.414. The van der Waals surface area contributed by atoms with Crippen LogP contribution in [0.5, 0.6) is 5.75 Å². The molecule has 114 valence electrons. The molecule has 0 radical (unpaired) electrons. The lowest BCUT2D eigenvalue weighted by Crippen LogP contribution is -2.15. The summed E-state index contributed by atoms with van der Waals surface area (Å²) in [5, 5.41) is 0.